The molecule has 5 fully saturated rings. The van der Waals surface area contributed by atoms with E-state index in [-0.39, 0.29) is 142 Å². The van der Waals surface area contributed by atoms with Crippen LogP contribution in [0.1, 0.15) is 191 Å². The van der Waals surface area contributed by atoms with Gasteiger partial charge < -0.3 is 50.1 Å². The smallest absolute Gasteiger partial charge is 0.333 e. The fourth-order valence-corrected chi connectivity index (χ4v) is 19.1. The van der Waals surface area contributed by atoms with Crippen LogP contribution in [0.2, 0.25) is 15.3 Å². The van der Waals surface area contributed by atoms with Gasteiger partial charge in [-0.3, -0.25) is 54.9 Å². The number of ketones is 4. The highest BCUT2D eigenvalue weighted by Crippen LogP contribution is 2.39. The number of nitrogens with zero attached hydrogens (tertiary/aromatic N) is 14. The fourth-order valence-electron chi connectivity index (χ4n) is 17.2. The van der Waals surface area contributed by atoms with Gasteiger partial charge in [0.25, 0.3) is 0 Å². The molecule has 0 bridgehead atoms. The first kappa shape index (κ1) is 105. The van der Waals surface area contributed by atoms with Crippen LogP contribution in [-0.2, 0) is 87.7 Å². The fraction of sp³-hybridized carbons (Fsp3) is 0.432. The largest absolute Gasteiger partial charge is 0.447 e. The molecular weight excluding hydrogens is 1940 g/mol. The Kier molecular flexibility index (Phi) is 34.3. The summed E-state index contributed by atoms with van der Waals surface area (Å²) < 4.78 is 125. The quantitative estimate of drug-likeness (QED) is 0.0172. The normalized spacial score (nSPS) is 22.2. The Balaban J connectivity index is 0.000000155. The van der Waals surface area contributed by atoms with Crippen molar-refractivity contribution in [3.05, 3.63) is 255 Å². The van der Waals surface area contributed by atoms with Gasteiger partial charge in [-0.25, -0.2) is 50.5 Å². The summed E-state index contributed by atoms with van der Waals surface area (Å²) in [4.78, 5) is 81.7. The van der Waals surface area contributed by atoms with Crippen molar-refractivity contribution in [1.82, 2.24) is 68.8 Å². The number of hydrogen-bond donors (Lipinski definition) is 11. The first-order valence-corrected chi connectivity index (χ1v) is 50.7. The lowest BCUT2D eigenvalue weighted by Gasteiger charge is -2.27. The van der Waals surface area contributed by atoms with Crippen molar-refractivity contribution in [1.29, 1.82) is 0 Å². The van der Waals surface area contributed by atoms with Crippen molar-refractivity contribution in [2.45, 2.75) is 184 Å². The molecule has 15 N–H and O–H groups in total. The highest BCUT2D eigenvalue weighted by molar-refractivity contribution is 7.85. The minimum absolute atomic E-state index is 0.0419. The zero-order chi connectivity index (χ0) is 99.3. The molecule has 0 radical (unpaired) electrons. The van der Waals surface area contributed by atoms with E-state index in [1.54, 1.807) is 93.4 Å². The van der Waals surface area contributed by atoms with Crippen LogP contribution >= 0.6 is 34.8 Å². The Morgan fingerprint density at radius 2 is 0.993 bits per heavy atom. The first-order valence-electron chi connectivity index (χ1n) is 43.7. The molecule has 10 heterocycles. The van der Waals surface area contributed by atoms with Crippen molar-refractivity contribution in [3.63, 3.8) is 0 Å². The van der Waals surface area contributed by atoms with E-state index in [1.165, 1.54) is 43.8 Å². The molecule has 0 amide bonds. The van der Waals surface area contributed by atoms with Crippen molar-refractivity contribution >= 4 is 117 Å². The summed E-state index contributed by atoms with van der Waals surface area (Å²) in [6.45, 7) is 10.3. The average Bonchev–Trinajstić information content (AvgIpc) is 1.62. The number of carbonyl (C=O) groups is 4. The van der Waals surface area contributed by atoms with Crippen LogP contribution in [0.15, 0.2) is 176 Å². The maximum Gasteiger partial charge on any atom is 0.333 e. The second-order valence-corrected chi connectivity index (χ2v) is 41.5. The van der Waals surface area contributed by atoms with Gasteiger partial charge in [0, 0.05) is 115 Å². The van der Waals surface area contributed by atoms with E-state index in [1.807, 2.05) is 60.3 Å². The molecule has 4 aliphatic carbocycles. The van der Waals surface area contributed by atoms with E-state index in [0.29, 0.717) is 115 Å². The summed E-state index contributed by atoms with van der Waals surface area (Å²) in [6.07, 6.45) is 22.9. The lowest BCUT2D eigenvalue weighted by Crippen LogP contribution is -2.26. The number of carbonyl (C=O) groups excluding carboxylic acids is 4. The van der Waals surface area contributed by atoms with E-state index < -0.39 is 83.4 Å². The van der Waals surface area contributed by atoms with Gasteiger partial charge in [0.05, 0.1) is 108 Å². The second kappa shape index (κ2) is 45.2. The Labute approximate surface area is 810 Å². The highest BCUT2D eigenvalue weighted by atomic mass is 35.5. The minimum Gasteiger partial charge on any atom is -0.447 e. The van der Waals surface area contributed by atoms with Gasteiger partial charge in [-0.15, -0.1) is 0 Å². The van der Waals surface area contributed by atoms with Crippen LogP contribution in [-0.4, -0.2) is 227 Å². The van der Waals surface area contributed by atoms with Gasteiger partial charge in [0.2, 0.25) is 17.3 Å². The Bertz CT molecular complexity index is 6600. The summed E-state index contributed by atoms with van der Waals surface area (Å²) >= 11 is 17.9. The van der Waals surface area contributed by atoms with E-state index in [0.717, 1.165) is 29.5 Å². The van der Waals surface area contributed by atoms with E-state index in [9.17, 15) is 73.3 Å². The highest BCUT2D eigenvalue weighted by Gasteiger charge is 2.41. The number of pyridine rings is 1. The second-order valence-electron chi connectivity index (χ2n) is 35.4. The number of rotatable bonds is 36. The topological polar surface area (TPSA) is 634 Å². The molecule has 1 saturated heterocycles. The molecule has 9 aromatic heterocycles. The number of ether oxygens (including phenoxy) is 1. The SMILES string of the molecule is CC(C)(c1ccccc1)n1ccc(C(=O)c2cncnc2N[C@@H]2C[C@H](COS(N)(=O)=O)[C@@H](O)C2)c1.CC(c1ccc(Cl)o1)n1ccc(C(=O)c2cncnc2N[C@@H]2C[C@H](COS(N)(=O)=O)[C@@H](O)C2)n1.CC1(C)CCC(Cn2ccc(C(=O)c3cncnc3N[C@@H]3C[C@H](COS(N)(=O)=O)[C@@H](O)C3)n2)O1.NS(=O)(=O)OC[C@H]1C[C@@H](Cc2ccncc2C(=O)c2ccn(Cc3ccc(Cl)c(Cl)c3)n2)C[C@@H]1O. The first-order chi connectivity index (χ1) is 65.2. The van der Waals surface area contributed by atoms with Gasteiger partial charge in [-0.05, 0) is 194 Å². The number of nitrogens with one attached hydrogen (secondary N) is 3. The van der Waals surface area contributed by atoms with Crippen molar-refractivity contribution in [2.75, 3.05) is 42.4 Å². The molecule has 2 unspecified atom stereocenters. The molecule has 2 aromatic carbocycles. The molecule has 50 heteroatoms. The number of aliphatic hydroxyl groups excluding tert-OH is 4. The van der Waals surface area contributed by atoms with Crippen LogP contribution in [0.3, 0.4) is 0 Å². The standard InChI is InChI=1S/C24H29N5O5S.C23H24Cl2N4O5S.C21H30N6O6S.C20H23ClN6O6S/c1-24(2,18-6-4-3-5-7-18)29-9-8-16(13-29)22(31)20-12-26-15-27-23(20)28-19-10-17(21(30)11-19)14-34-35(25,32)33;24-19-2-1-14(9-20(19)25)12-29-6-4-21(28-29)23(31)18-11-27-5-3-16(18)7-15-8-17(22(30)10-15)13-34-35(26,32)33;1-21(2)5-3-15(33-21)10-27-6-4-17(26-27)19(29)16-9-23-12-24-20(16)25-14-7-13(18(28)8-14)11-32-34(22,30)31;1-11(17-2-3-18(21)33-17)27-5-4-15(26-27)19(29)14-8-23-10-24-20(14)25-13-6-12(16(28)7-13)9-32-34(22,30)31/h3-9,12-13,15,17,19,21,30H,10-11,14H2,1-2H3,(H2,25,32,33)(H,26,27,28);1-6,9,11,15,17,22,30H,7-8,10,12-13H2,(H2,26,32,33);4,6,9,12-15,18,28H,3,5,7-8,10-11H2,1-2H3,(H2,22,30,31)(H,23,24,25);2-5,8,10-13,16,28H,6-7,9H2,1H3,(H2,22,30,31)(H,23,24,25)/t17-,19-,21+;15-,17-,22+;13-,14-,15?,18+;11?,12-,13-,16+/m1111/s1. The third-order valence-corrected chi connectivity index (χ3v) is 27.2. The predicted molar refractivity (Wildman–Crippen MR) is 502 cm³/mol. The molecule has 1 aliphatic heterocycles. The molecule has 11 aromatic rings. The number of anilines is 3. The number of halogens is 3. The minimum atomic E-state index is -4.10. The molecule has 138 heavy (non-hydrogen) atoms. The summed E-state index contributed by atoms with van der Waals surface area (Å²) in [5.41, 5.74) is 4.73. The molecule has 4 saturated carbocycles. The summed E-state index contributed by atoms with van der Waals surface area (Å²) in [5, 5.41) is 84.6. The maximum absolute atomic E-state index is 13.4. The van der Waals surface area contributed by atoms with Gasteiger partial charge in [0.1, 0.15) is 65.3 Å². The third-order valence-electron chi connectivity index (χ3n) is 24.4. The van der Waals surface area contributed by atoms with Gasteiger partial charge in [0.15, 0.2) is 11.0 Å². The number of furan rings is 1. The Hall–Kier alpha value is -10.8. The molecule has 5 aliphatic rings. The van der Waals surface area contributed by atoms with Crippen LogP contribution in [0, 0.1) is 29.6 Å². The Morgan fingerprint density at radius 3 is 1.48 bits per heavy atom. The van der Waals surface area contributed by atoms with E-state index in [4.69, 9.17) is 64.5 Å². The van der Waals surface area contributed by atoms with Crippen molar-refractivity contribution in [3.8, 4) is 0 Å². The Morgan fingerprint density at radius 1 is 0.529 bits per heavy atom. The lowest BCUT2D eigenvalue weighted by atomic mass is 9.93. The predicted octanol–water partition coefficient (Wildman–Crippen LogP) is 7.24. The van der Waals surface area contributed by atoms with Crippen molar-refractivity contribution < 1.29 is 99.2 Å². The summed E-state index contributed by atoms with van der Waals surface area (Å²) in [5.74, 6) is -1.25. The molecule has 740 valence electrons. The molecular formula is C88H106Cl3N21O22S4. The summed E-state index contributed by atoms with van der Waals surface area (Å²) in [6, 6.07) is 26.1. The van der Waals surface area contributed by atoms with Crippen LogP contribution in [0.5, 0.6) is 0 Å². The third kappa shape index (κ3) is 29.0. The molecule has 16 rings (SSSR count). The summed E-state index contributed by atoms with van der Waals surface area (Å²) in [7, 11) is -16.3. The zero-order valence-electron chi connectivity index (χ0n) is 75.2. The monoisotopic (exact) mass is 2040 g/mol. The van der Waals surface area contributed by atoms with Crippen LogP contribution in [0.25, 0.3) is 0 Å². The van der Waals surface area contributed by atoms with Crippen LogP contribution in [0.4, 0.5) is 17.5 Å². The molecule has 14 atom stereocenters. The number of nitrogens with two attached hydrogens (primary N) is 4. The number of aromatic nitrogens is 14. The number of benzene rings is 2. The van der Waals surface area contributed by atoms with Gasteiger partial charge >= 0.3 is 41.2 Å². The van der Waals surface area contributed by atoms with E-state index >= 15 is 0 Å². The van der Waals surface area contributed by atoms with Gasteiger partial charge in [-0.1, -0.05) is 59.6 Å². The van der Waals surface area contributed by atoms with Gasteiger partial charge in [-0.2, -0.15) is 49.0 Å². The van der Waals surface area contributed by atoms with E-state index in [2.05, 4.69) is 111 Å². The maximum atomic E-state index is 13.4. The van der Waals surface area contributed by atoms with Crippen molar-refractivity contribution in [2.24, 2.45) is 50.1 Å². The number of hydrogen-bond acceptors (Lipinski definition) is 35. The molecule has 43 nitrogen and oxygen atoms in total. The van der Waals surface area contributed by atoms with Crippen LogP contribution < -0.4 is 36.5 Å². The zero-order valence-corrected chi connectivity index (χ0v) is 80.8. The number of aliphatic hydroxyl groups is 4. The lowest BCUT2D eigenvalue weighted by molar-refractivity contribution is -0.0230. The average molecular weight is 2040 g/mol. The molecule has 0 spiro atoms.